The van der Waals surface area contributed by atoms with Gasteiger partial charge in [0.1, 0.15) is 5.60 Å². The number of alkyl carbamates (subject to hydrolysis) is 1. The van der Waals surface area contributed by atoms with Gasteiger partial charge in [-0.1, -0.05) is 20.8 Å². The molecule has 0 aromatic rings. The van der Waals surface area contributed by atoms with Crippen LogP contribution in [0, 0.1) is 11.3 Å². The van der Waals surface area contributed by atoms with Crippen molar-refractivity contribution in [2.75, 3.05) is 26.7 Å². The Morgan fingerprint density at radius 2 is 1.72 bits per heavy atom. The second-order valence-electron chi connectivity index (χ2n) is 10.4. The van der Waals surface area contributed by atoms with Crippen LogP contribution in [-0.2, 0) is 9.47 Å². The van der Waals surface area contributed by atoms with E-state index in [-0.39, 0.29) is 35.5 Å². The topological polar surface area (TPSA) is 84.0 Å². The largest absolute Gasteiger partial charge is 0.444 e. The highest BCUT2D eigenvalue weighted by atomic mass is 127. The zero-order chi connectivity index (χ0) is 21.6. The maximum atomic E-state index is 12.0. The van der Waals surface area contributed by atoms with E-state index in [1.807, 2.05) is 34.6 Å². The molecule has 172 valence electrons. The smallest absolute Gasteiger partial charge is 0.408 e. The molecule has 0 saturated carbocycles. The lowest BCUT2D eigenvalue weighted by atomic mass is 9.78. The van der Waals surface area contributed by atoms with Crippen LogP contribution in [0.1, 0.15) is 68.2 Å². The number of halogens is 1. The van der Waals surface area contributed by atoms with Crippen LogP contribution in [-0.4, -0.2) is 56.0 Å². The van der Waals surface area contributed by atoms with Gasteiger partial charge in [0.05, 0.1) is 11.6 Å². The average molecular weight is 527 g/mol. The number of nitrogens with one attached hydrogen (secondary N) is 3. The normalized spacial score (nSPS) is 21.1. The van der Waals surface area contributed by atoms with E-state index in [1.54, 1.807) is 7.05 Å². The molecule has 1 aliphatic heterocycles. The summed E-state index contributed by atoms with van der Waals surface area (Å²) in [6.45, 7) is 18.3. The summed E-state index contributed by atoms with van der Waals surface area (Å²) in [7, 11) is 1.75. The van der Waals surface area contributed by atoms with Crippen LogP contribution in [0.5, 0.6) is 0 Å². The number of aliphatic imine (C=N–C) groups is 1. The average Bonchev–Trinajstić information content (AvgIpc) is 2.52. The van der Waals surface area contributed by atoms with Crippen molar-refractivity contribution in [3.05, 3.63) is 0 Å². The summed E-state index contributed by atoms with van der Waals surface area (Å²) in [4.78, 5) is 16.3. The Hall–Kier alpha value is -0.770. The molecule has 0 radical (unpaired) electrons. The maximum Gasteiger partial charge on any atom is 0.408 e. The Morgan fingerprint density at radius 3 is 2.24 bits per heavy atom. The third-order valence-corrected chi connectivity index (χ3v) is 4.59. The lowest BCUT2D eigenvalue weighted by Crippen LogP contribution is -2.55. The first-order chi connectivity index (χ1) is 12.7. The molecule has 8 heteroatoms. The van der Waals surface area contributed by atoms with Crippen molar-refractivity contribution in [1.29, 1.82) is 0 Å². The number of hydrogen-bond acceptors (Lipinski definition) is 4. The summed E-state index contributed by atoms with van der Waals surface area (Å²) in [6.07, 6.45) is 2.06. The van der Waals surface area contributed by atoms with Gasteiger partial charge < -0.3 is 25.4 Å². The third kappa shape index (κ3) is 11.3. The van der Waals surface area contributed by atoms with Crippen molar-refractivity contribution in [2.45, 2.75) is 85.5 Å². The van der Waals surface area contributed by atoms with Crippen LogP contribution in [0.15, 0.2) is 4.99 Å². The first-order valence-electron chi connectivity index (χ1n) is 10.3. The number of carbonyl (C=O) groups is 1. The summed E-state index contributed by atoms with van der Waals surface area (Å²) in [6, 6.07) is 0. The first-order valence-corrected chi connectivity index (χ1v) is 10.3. The van der Waals surface area contributed by atoms with Crippen LogP contribution in [0.4, 0.5) is 4.79 Å². The predicted molar refractivity (Wildman–Crippen MR) is 130 cm³/mol. The Balaban J connectivity index is 0.00000784. The highest BCUT2D eigenvalue weighted by Crippen LogP contribution is 2.33. The second kappa shape index (κ2) is 11.6. The number of hydrogen-bond donors (Lipinski definition) is 3. The Labute approximate surface area is 194 Å². The van der Waals surface area contributed by atoms with E-state index >= 15 is 0 Å². The van der Waals surface area contributed by atoms with Gasteiger partial charge >= 0.3 is 6.09 Å². The second-order valence-corrected chi connectivity index (χ2v) is 10.4. The fourth-order valence-electron chi connectivity index (χ4n) is 3.39. The van der Waals surface area contributed by atoms with Crippen molar-refractivity contribution in [2.24, 2.45) is 16.3 Å². The van der Waals surface area contributed by atoms with Crippen LogP contribution >= 0.6 is 24.0 Å². The summed E-state index contributed by atoms with van der Waals surface area (Å²) < 4.78 is 11.4. The fraction of sp³-hybridized carbons (Fsp3) is 0.905. The Kier molecular flexibility index (Phi) is 11.3. The molecule has 2 unspecified atom stereocenters. The standard InChI is InChI=1S/C21H42N4O3.HI/c1-19(2,3)16-15(11-10-12-27-16)13-23-17(22-9)24-14-21(7,8)25-18(26)28-20(4,5)6;/h15-16H,10-14H2,1-9H3,(H,25,26)(H2,22,23,24);1H. The van der Waals surface area contributed by atoms with E-state index in [1.165, 1.54) is 0 Å². The molecule has 0 spiro atoms. The van der Waals surface area contributed by atoms with Crippen LogP contribution in [0.3, 0.4) is 0 Å². The lowest BCUT2D eigenvalue weighted by molar-refractivity contribution is -0.0835. The van der Waals surface area contributed by atoms with E-state index in [0.717, 1.165) is 32.0 Å². The van der Waals surface area contributed by atoms with E-state index in [9.17, 15) is 4.79 Å². The summed E-state index contributed by atoms with van der Waals surface area (Å²) >= 11 is 0. The number of carbonyl (C=O) groups excluding carboxylic acids is 1. The highest BCUT2D eigenvalue weighted by molar-refractivity contribution is 14.0. The molecule has 1 fully saturated rings. The molecule has 0 bridgehead atoms. The molecule has 1 heterocycles. The predicted octanol–water partition coefficient (Wildman–Crippen LogP) is 3.91. The number of ether oxygens (including phenoxy) is 2. The van der Waals surface area contributed by atoms with Gasteiger partial charge in [-0.05, 0) is 52.9 Å². The summed E-state index contributed by atoms with van der Waals surface area (Å²) in [5.74, 6) is 1.16. The number of rotatable bonds is 5. The zero-order valence-corrected chi connectivity index (χ0v) is 22.1. The Bertz CT molecular complexity index is 539. The minimum Gasteiger partial charge on any atom is -0.444 e. The number of guanidine groups is 1. The number of amides is 1. The van der Waals surface area contributed by atoms with Crippen LogP contribution in [0.2, 0.25) is 0 Å². The molecule has 0 aromatic carbocycles. The van der Waals surface area contributed by atoms with Gasteiger partial charge in [-0.2, -0.15) is 0 Å². The molecular weight excluding hydrogens is 483 g/mol. The highest BCUT2D eigenvalue weighted by Gasteiger charge is 2.35. The van der Waals surface area contributed by atoms with Crippen molar-refractivity contribution in [3.8, 4) is 0 Å². The monoisotopic (exact) mass is 526 g/mol. The molecule has 3 N–H and O–H groups in total. The molecule has 0 aliphatic carbocycles. The van der Waals surface area contributed by atoms with Gasteiger partial charge in [-0.25, -0.2) is 4.79 Å². The molecule has 29 heavy (non-hydrogen) atoms. The third-order valence-electron chi connectivity index (χ3n) is 4.59. The molecule has 7 nitrogen and oxygen atoms in total. The minimum atomic E-state index is -0.517. The van der Waals surface area contributed by atoms with Crippen molar-refractivity contribution in [1.82, 2.24) is 16.0 Å². The molecule has 1 amide bonds. The van der Waals surface area contributed by atoms with E-state index in [4.69, 9.17) is 9.47 Å². The van der Waals surface area contributed by atoms with Gasteiger partial charge in [0, 0.05) is 32.7 Å². The van der Waals surface area contributed by atoms with Gasteiger partial charge in [-0.15, -0.1) is 24.0 Å². The van der Waals surface area contributed by atoms with Gasteiger partial charge in [0.25, 0.3) is 0 Å². The molecule has 1 aliphatic rings. The molecular formula is C21H43IN4O3. The summed E-state index contributed by atoms with van der Waals surface area (Å²) in [5.41, 5.74) is -0.887. The SMILES string of the molecule is CN=C(NCC1CCCOC1C(C)(C)C)NCC(C)(C)NC(=O)OC(C)(C)C.I. The fourth-order valence-corrected chi connectivity index (χ4v) is 3.39. The molecule has 2 atom stereocenters. The van der Waals surface area contributed by atoms with Crippen LogP contribution in [0.25, 0.3) is 0 Å². The molecule has 1 saturated heterocycles. The van der Waals surface area contributed by atoms with E-state index in [2.05, 4.69) is 41.7 Å². The Morgan fingerprint density at radius 1 is 1.10 bits per heavy atom. The van der Waals surface area contributed by atoms with Crippen molar-refractivity contribution >= 4 is 36.0 Å². The lowest BCUT2D eigenvalue weighted by Gasteiger charge is -2.40. The van der Waals surface area contributed by atoms with E-state index < -0.39 is 17.2 Å². The maximum absolute atomic E-state index is 12.0. The molecule has 1 rings (SSSR count). The van der Waals surface area contributed by atoms with Gasteiger partial charge in [0.15, 0.2) is 5.96 Å². The molecule has 0 aromatic heterocycles. The number of nitrogens with zero attached hydrogens (tertiary/aromatic N) is 1. The van der Waals surface area contributed by atoms with Crippen molar-refractivity contribution < 1.29 is 14.3 Å². The first kappa shape index (κ1) is 28.2. The van der Waals surface area contributed by atoms with E-state index in [0.29, 0.717) is 12.5 Å². The van der Waals surface area contributed by atoms with Gasteiger partial charge in [-0.3, -0.25) is 4.99 Å². The zero-order valence-electron chi connectivity index (χ0n) is 19.8. The minimum absolute atomic E-state index is 0. The van der Waals surface area contributed by atoms with Gasteiger partial charge in [0.2, 0.25) is 0 Å². The quantitative estimate of drug-likeness (QED) is 0.288. The summed E-state index contributed by atoms with van der Waals surface area (Å²) in [5, 5.41) is 9.62. The van der Waals surface area contributed by atoms with Crippen LogP contribution < -0.4 is 16.0 Å². The van der Waals surface area contributed by atoms with Crippen molar-refractivity contribution in [3.63, 3.8) is 0 Å².